The van der Waals surface area contributed by atoms with E-state index >= 15 is 0 Å². The van der Waals surface area contributed by atoms with Gasteiger partial charge in [-0.25, -0.2) is 8.97 Å². The van der Waals surface area contributed by atoms with E-state index in [1.807, 2.05) is 45.8 Å². The van der Waals surface area contributed by atoms with Gasteiger partial charge < -0.3 is 15.2 Å². The molecular formula is C23H18Cl2N4O4S2. The SMILES string of the molecule is O=C(CSc1cc(Cl)ccc1Cl)N[C@@H]1C(=O)N2C(C(=O)[O-])=C(C[n+]3ccn4ccccc43)CS[C@H]12. The van der Waals surface area contributed by atoms with Crippen molar-refractivity contribution in [3.63, 3.8) is 0 Å². The van der Waals surface area contributed by atoms with E-state index < -0.39 is 23.3 Å². The minimum atomic E-state index is -1.40. The molecule has 35 heavy (non-hydrogen) atoms. The van der Waals surface area contributed by atoms with Gasteiger partial charge in [0.15, 0.2) is 0 Å². The summed E-state index contributed by atoms with van der Waals surface area (Å²) in [6, 6.07) is 9.89. The number of aromatic nitrogens is 2. The number of carbonyl (C=O) groups excluding carboxylic acids is 3. The zero-order valence-electron chi connectivity index (χ0n) is 18.0. The van der Waals surface area contributed by atoms with Crippen molar-refractivity contribution in [2.75, 3.05) is 11.5 Å². The Morgan fingerprint density at radius 2 is 2.06 bits per heavy atom. The van der Waals surface area contributed by atoms with E-state index in [2.05, 4.69) is 5.32 Å². The number of nitrogens with one attached hydrogen (secondary N) is 1. The highest BCUT2D eigenvalue weighted by molar-refractivity contribution is 8.00. The molecule has 1 saturated heterocycles. The summed E-state index contributed by atoms with van der Waals surface area (Å²) < 4.78 is 3.84. The third kappa shape index (κ3) is 4.63. The van der Waals surface area contributed by atoms with Gasteiger partial charge in [-0.2, -0.15) is 0 Å². The fourth-order valence-corrected chi connectivity index (χ4v) is 6.76. The van der Waals surface area contributed by atoms with Crippen molar-refractivity contribution in [1.29, 1.82) is 0 Å². The molecule has 2 aliphatic heterocycles. The third-order valence-electron chi connectivity index (χ3n) is 5.74. The van der Waals surface area contributed by atoms with Crippen molar-refractivity contribution in [3.8, 4) is 0 Å². The Bertz CT molecular complexity index is 1390. The minimum absolute atomic E-state index is 0.0357. The summed E-state index contributed by atoms with van der Waals surface area (Å²) in [5.41, 5.74) is 1.35. The van der Waals surface area contributed by atoms with Crippen LogP contribution in [0, 0.1) is 0 Å². The van der Waals surface area contributed by atoms with Gasteiger partial charge in [-0.05, 0) is 24.3 Å². The van der Waals surface area contributed by atoms with Crippen LogP contribution in [0.1, 0.15) is 0 Å². The highest BCUT2D eigenvalue weighted by Gasteiger charge is 2.53. The monoisotopic (exact) mass is 548 g/mol. The van der Waals surface area contributed by atoms with E-state index in [4.69, 9.17) is 23.2 Å². The molecular weight excluding hydrogens is 531 g/mol. The molecule has 1 N–H and O–H groups in total. The summed E-state index contributed by atoms with van der Waals surface area (Å²) in [6.45, 7) is 0.307. The summed E-state index contributed by atoms with van der Waals surface area (Å²) in [6.07, 6.45) is 5.63. The number of carbonyl (C=O) groups is 3. The zero-order chi connectivity index (χ0) is 24.7. The Balaban J connectivity index is 1.28. The molecule has 1 aromatic carbocycles. The lowest BCUT2D eigenvalue weighted by Gasteiger charge is -2.50. The fourth-order valence-electron chi connectivity index (χ4n) is 4.12. The number of hydrogen-bond acceptors (Lipinski definition) is 6. The molecule has 0 spiro atoms. The Hall–Kier alpha value is -2.66. The summed E-state index contributed by atoms with van der Waals surface area (Å²) >= 11 is 14.7. The zero-order valence-corrected chi connectivity index (χ0v) is 21.2. The summed E-state index contributed by atoms with van der Waals surface area (Å²) in [5.74, 6) is -1.80. The number of amides is 2. The van der Waals surface area contributed by atoms with Crippen LogP contribution in [-0.2, 0) is 20.9 Å². The van der Waals surface area contributed by atoms with Crippen LogP contribution < -0.4 is 15.0 Å². The molecule has 4 heterocycles. The molecule has 2 aliphatic rings. The number of β-lactam (4-membered cyclic amide) rings is 1. The first kappa shape index (κ1) is 24.1. The molecule has 0 radical (unpaired) electrons. The molecule has 180 valence electrons. The standard InChI is InChI=1S/C23H18Cl2N4O4S2/c24-14-4-5-15(25)16(9-14)34-12-17(30)26-19-21(31)29-20(23(32)33)13(11-35-22(19)29)10-28-8-7-27-6-2-1-3-18(27)28/h1-9,19,22H,10-12H2,(H-,26,30,32,33)/t19-,22-/m1/s1. The molecule has 8 nitrogen and oxygen atoms in total. The first-order valence-electron chi connectivity index (χ1n) is 10.5. The number of thioether (sulfide) groups is 2. The van der Waals surface area contributed by atoms with Gasteiger partial charge >= 0.3 is 0 Å². The number of rotatable bonds is 7. The van der Waals surface area contributed by atoms with Crippen LogP contribution in [0.25, 0.3) is 5.65 Å². The average Bonchev–Trinajstić information content (AvgIpc) is 3.25. The van der Waals surface area contributed by atoms with Crippen molar-refractivity contribution in [2.24, 2.45) is 0 Å². The van der Waals surface area contributed by atoms with Crippen LogP contribution in [0.3, 0.4) is 0 Å². The van der Waals surface area contributed by atoms with Gasteiger partial charge in [-0.1, -0.05) is 29.3 Å². The number of pyridine rings is 1. The smallest absolute Gasteiger partial charge is 0.286 e. The normalized spacial score (nSPS) is 19.5. The van der Waals surface area contributed by atoms with Gasteiger partial charge in [-0.15, -0.1) is 23.5 Å². The second-order valence-corrected chi connectivity index (χ2v) is 10.9. The Morgan fingerprint density at radius 1 is 1.23 bits per heavy atom. The summed E-state index contributed by atoms with van der Waals surface area (Å²) in [5, 5.41) is 15.2. The Labute approximate surface area is 218 Å². The van der Waals surface area contributed by atoms with Crippen LogP contribution in [0.5, 0.6) is 0 Å². The van der Waals surface area contributed by atoms with Gasteiger partial charge in [0, 0.05) is 27.3 Å². The number of imidazole rings is 1. The van der Waals surface area contributed by atoms with E-state index in [1.54, 1.807) is 18.2 Å². The molecule has 0 aliphatic carbocycles. The van der Waals surface area contributed by atoms with Crippen LogP contribution in [0.2, 0.25) is 10.0 Å². The topological polar surface area (TPSA) is 97.8 Å². The maximum Gasteiger partial charge on any atom is 0.286 e. The molecule has 2 amide bonds. The average molecular weight is 549 g/mol. The lowest BCUT2D eigenvalue weighted by atomic mass is 10.0. The van der Waals surface area contributed by atoms with Crippen molar-refractivity contribution in [1.82, 2.24) is 14.6 Å². The number of aliphatic carboxylic acids is 1. The molecule has 2 aromatic heterocycles. The third-order valence-corrected chi connectivity index (χ3v) is 8.81. The largest absolute Gasteiger partial charge is 0.543 e. The van der Waals surface area contributed by atoms with Crippen molar-refractivity contribution in [3.05, 3.63) is 76.3 Å². The van der Waals surface area contributed by atoms with Crippen LogP contribution in [0.15, 0.2) is 71.2 Å². The van der Waals surface area contributed by atoms with Gasteiger partial charge in [0.1, 0.15) is 30.4 Å². The lowest BCUT2D eigenvalue weighted by Crippen LogP contribution is -2.71. The van der Waals surface area contributed by atoms with Gasteiger partial charge in [-0.3, -0.25) is 14.5 Å². The van der Waals surface area contributed by atoms with Crippen LogP contribution in [0.4, 0.5) is 0 Å². The molecule has 0 saturated carbocycles. The molecule has 5 rings (SSSR count). The number of halogens is 2. The van der Waals surface area contributed by atoms with Gasteiger partial charge in [0.05, 0.1) is 28.6 Å². The number of carboxylic acid groups (broad SMARTS) is 1. The number of hydrogen-bond donors (Lipinski definition) is 1. The Morgan fingerprint density at radius 3 is 2.86 bits per heavy atom. The molecule has 3 aromatic rings. The first-order chi connectivity index (χ1) is 16.8. The number of benzene rings is 1. The fraction of sp³-hybridized carbons (Fsp3) is 0.217. The number of carboxylic acids is 1. The van der Waals surface area contributed by atoms with Crippen molar-refractivity contribution >= 4 is 70.2 Å². The predicted octanol–water partition coefficient (Wildman–Crippen LogP) is 1.73. The predicted molar refractivity (Wildman–Crippen MR) is 132 cm³/mol. The van der Waals surface area contributed by atoms with Crippen LogP contribution >= 0.6 is 46.7 Å². The van der Waals surface area contributed by atoms with Gasteiger partial charge in [0.25, 0.3) is 11.6 Å². The molecule has 0 bridgehead atoms. The van der Waals surface area contributed by atoms with E-state index in [1.165, 1.54) is 28.4 Å². The van der Waals surface area contributed by atoms with Crippen molar-refractivity contribution in [2.45, 2.75) is 22.9 Å². The summed E-state index contributed by atoms with van der Waals surface area (Å²) in [7, 11) is 0. The van der Waals surface area contributed by atoms with E-state index in [0.717, 1.165) is 5.65 Å². The van der Waals surface area contributed by atoms with E-state index in [9.17, 15) is 19.5 Å². The van der Waals surface area contributed by atoms with E-state index in [-0.39, 0.29) is 17.4 Å². The highest BCUT2D eigenvalue weighted by atomic mass is 35.5. The maximum absolute atomic E-state index is 12.9. The molecule has 1 fully saturated rings. The highest BCUT2D eigenvalue weighted by Crippen LogP contribution is 2.40. The minimum Gasteiger partial charge on any atom is -0.543 e. The molecule has 0 unspecified atom stereocenters. The quantitative estimate of drug-likeness (QED) is 0.274. The molecule has 12 heteroatoms. The van der Waals surface area contributed by atoms with E-state index in [0.29, 0.717) is 32.8 Å². The number of nitrogens with zero attached hydrogens (tertiary/aromatic N) is 3. The second kappa shape index (κ2) is 9.77. The lowest BCUT2D eigenvalue weighted by molar-refractivity contribution is -0.662. The molecule has 2 atom stereocenters. The van der Waals surface area contributed by atoms with Crippen LogP contribution in [-0.4, -0.2) is 50.0 Å². The Kier molecular flexibility index (Phi) is 6.71. The second-order valence-electron chi connectivity index (χ2n) is 7.95. The van der Waals surface area contributed by atoms with Gasteiger partial charge in [0.2, 0.25) is 5.91 Å². The number of fused-ring (bicyclic) bond motifs is 2. The summed E-state index contributed by atoms with van der Waals surface area (Å²) in [4.78, 5) is 39.3. The van der Waals surface area contributed by atoms with Crippen molar-refractivity contribution < 1.29 is 24.1 Å². The maximum atomic E-state index is 12.9. The first-order valence-corrected chi connectivity index (χ1v) is 13.3.